The number of hydrogen-bond donors (Lipinski definition) is 0. The van der Waals surface area contributed by atoms with Crippen LogP contribution >= 0.6 is 0 Å². The lowest BCUT2D eigenvalue weighted by Crippen LogP contribution is -2.41. The van der Waals surface area contributed by atoms with E-state index in [0.717, 1.165) is 17.7 Å². The lowest BCUT2D eigenvalue weighted by molar-refractivity contribution is -0.651. The molecule has 2 rings (SSSR count). The van der Waals surface area contributed by atoms with E-state index in [1.807, 2.05) is 19.1 Å². The smallest absolute Gasteiger partial charge is 0.485 e. The number of ether oxygens (including phenoxy) is 1. The predicted molar refractivity (Wildman–Crippen MR) is 95.7 cm³/mol. The van der Waals surface area contributed by atoms with Gasteiger partial charge >= 0.3 is 15.6 Å². The summed E-state index contributed by atoms with van der Waals surface area (Å²) >= 11 is -0.256. The summed E-state index contributed by atoms with van der Waals surface area (Å²) < 4.78 is 14.2. The lowest BCUT2D eigenvalue weighted by atomic mass is 10.1. The van der Waals surface area contributed by atoms with Gasteiger partial charge in [0.1, 0.15) is 7.05 Å². The monoisotopic (exact) mass is 327 g/mol. The van der Waals surface area contributed by atoms with Crippen molar-refractivity contribution >= 4 is 26.5 Å². The van der Waals surface area contributed by atoms with Crippen molar-refractivity contribution in [3.8, 4) is 5.75 Å². The van der Waals surface area contributed by atoms with Crippen LogP contribution in [0.25, 0.3) is 10.9 Å². The molecule has 1 atom stereocenters. The van der Waals surface area contributed by atoms with E-state index in [0.29, 0.717) is 6.61 Å². The van der Waals surface area contributed by atoms with E-state index in [2.05, 4.69) is 62.7 Å². The minimum Gasteiger partial charge on any atom is -0.501 e. The molecule has 0 aliphatic rings. The Morgan fingerprint density at radius 2 is 2.04 bits per heavy atom. The summed E-state index contributed by atoms with van der Waals surface area (Å²) in [6.07, 6.45) is 4.96. The van der Waals surface area contributed by atoms with Crippen LogP contribution in [0.1, 0.15) is 32.9 Å². The Morgan fingerprint density at radius 3 is 2.74 bits per heavy atom. The number of para-hydroxylation sites is 1. The predicted octanol–water partition coefficient (Wildman–Crippen LogP) is 3.69. The van der Waals surface area contributed by atoms with E-state index < -0.39 is 0 Å². The maximum absolute atomic E-state index is 6.45. The fourth-order valence-corrected chi connectivity index (χ4v) is 3.32. The van der Waals surface area contributed by atoms with Gasteiger partial charge in [-0.1, -0.05) is 25.1 Å². The molecule has 0 bridgehead atoms. The first-order chi connectivity index (χ1) is 11.0. The Morgan fingerprint density at radius 1 is 1.26 bits per heavy atom. The van der Waals surface area contributed by atoms with Crippen LogP contribution in [0.3, 0.4) is 0 Å². The Balaban J connectivity index is 2.30. The summed E-state index contributed by atoms with van der Waals surface area (Å²) in [5.41, 5.74) is 2.35. The fraction of sp³-hybridized carbons (Fsp3) is 0.421. The summed E-state index contributed by atoms with van der Waals surface area (Å²) in [5.74, 6) is 0.931. The zero-order chi connectivity index (χ0) is 16.9. The SMILES string of the molecule is C/C=C\C[O][Al][C](C)(CC)Oc1cccc2ccc(C)[n+](C)c12. The number of nitrogens with zero attached hydrogens (tertiary/aromatic N) is 1. The maximum Gasteiger partial charge on any atom is 0.485 e. The molecule has 0 aliphatic carbocycles. The quantitative estimate of drug-likeness (QED) is 0.335. The molecule has 1 aromatic heterocycles. The van der Waals surface area contributed by atoms with Gasteiger partial charge in [0.25, 0.3) is 5.52 Å². The van der Waals surface area contributed by atoms with Gasteiger partial charge in [-0.05, 0) is 38.5 Å². The van der Waals surface area contributed by atoms with Gasteiger partial charge in [0.2, 0.25) is 0 Å². The molecule has 0 spiro atoms. The Bertz CT molecular complexity index is 699. The van der Waals surface area contributed by atoms with Crippen LogP contribution in [0, 0.1) is 6.92 Å². The number of aromatic nitrogens is 1. The summed E-state index contributed by atoms with van der Waals surface area (Å²) in [6, 6.07) is 10.5. The first-order valence-electron chi connectivity index (χ1n) is 8.15. The Labute approximate surface area is 146 Å². The molecule has 2 aromatic rings. The summed E-state index contributed by atoms with van der Waals surface area (Å²) in [7, 11) is 2.09. The summed E-state index contributed by atoms with van der Waals surface area (Å²) in [5, 5.41) is 1.19. The van der Waals surface area contributed by atoms with Gasteiger partial charge in [-0.2, -0.15) is 4.57 Å². The third-order valence-corrected chi connectivity index (χ3v) is 5.59. The highest BCUT2D eigenvalue weighted by molar-refractivity contribution is 6.31. The summed E-state index contributed by atoms with van der Waals surface area (Å²) in [4.78, 5) is 0. The standard InChI is InChI=1S/C15H19NO.C4H7O.Al/c1-5-12(3)17-14-8-6-7-13-10-9-11(2)16(4)15(13)14;1-2-3-4-5;/h6-10H,5H2,1-4H3;2-3H,4H2,1H3;/q+1;-1;+1/b;3-2-;. The number of benzene rings is 1. The molecule has 1 unspecified atom stereocenters. The summed E-state index contributed by atoms with van der Waals surface area (Å²) in [6.45, 7) is 9.08. The van der Waals surface area contributed by atoms with Crippen molar-refractivity contribution in [3.05, 3.63) is 48.2 Å². The number of fused-ring (bicyclic) bond motifs is 1. The fourth-order valence-electron chi connectivity index (χ4n) is 2.42. The third-order valence-electron chi connectivity index (χ3n) is 4.20. The third kappa shape index (κ3) is 4.35. The van der Waals surface area contributed by atoms with Crippen LogP contribution in [0.5, 0.6) is 5.75 Å². The van der Waals surface area contributed by atoms with Crippen molar-refractivity contribution in [1.29, 1.82) is 0 Å². The molecule has 0 saturated heterocycles. The zero-order valence-electron chi connectivity index (χ0n) is 14.8. The Kier molecular flexibility index (Phi) is 6.24. The number of allylic oxidation sites excluding steroid dienone is 1. The first kappa shape index (κ1) is 18.0. The van der Waals surface area contributed by atoms with Gasteiger partial charge in [0.05, 0.1) is 9.85 Å². The molecule has 23 heavy (non-hydrogen) atoms. The number of pyridine rings is 1. The lowest BCUT2D eigenvalue weighted by Gasteiger charge is -2.28. The Hall–Kier alpha value is -1.34. The van der Waals surface area contributed by atoms with Gasteiger partial charge in [-0.25, -0.2) is 0 Å². The second-order valence-electron chi connectivity index (χ2n) is 6.02. The van der Waals surface area contributed by atoms with E-state index in [1.54, 1.807) is 0 Å². The van der Waals surface area contributed by atoms with E-state index in [-0.39, 0.29) is 20.0 Å². The van der Waals surface area contributed by atoms with Crippen LogP contribution in [-0.2, 0) is 10.8 Å². The molecule has 0 N–H and O–H groups in total. The maximum atomic E-state index is 6.45. The van der Waals surface area contributed by atoms with Crippen molar-refractivity contribution in [1.82, 2.24) is 0 Å². The topological polar surface area (TPSA) is 22.3 Å². The second kappa shape index (κ2) is 7.97. The normalized spacial score (nSPS) is 14.1. The highest BCUT2D eigenvalue weighted by Crippen LogP contribution is 2.27. The minimum absolute atomic E-state index is 0.256. The average molecular weight is 327 g/mol. The van der Waals surface area contributed by atoms with Crippen molar-refractivity contribution in [2.75, 3.05) is 6.61 Å². The highest BCUT2D eigenvalue weighted by Gasteiger charge is 2.30. The first-order valence-corrected chi connectivity index (χ1v) is 9.20. The van der Waals surface area contributed by atoms with Crippen LogP contribution in [0.15, 0.2) is 42.5 Å². The van der Waals surface area contributed by atoms with E-state index in [9.17, 15) is 0 Å². The van der Waals surface area contributed by atoms with Gasteiger partial charge in [0.15, 0.2) is 11.4 Å². The molecule has 1 aromatic carbocycles. The van der Waals surface area contributed by atoms with E-state index >= 15 is 0 Å². The molecule has 0 fully saturated rings. The molecular weight excluding hydrogens is 301 g/mol. The largest absolute Gasteiger partial charge is 0.501 e. The van der Waals surface area contributed by atoms with Crippen molar-refractivity contribution in [3.63, 3.8) is 0 Å². The number of aryl methyl sites for hydroxylation is 2. The molecule has 3 nitrogen and oxygen atoms in total. The molecular formula is C19H26AlNO2+. The number of rotatable bonds is 7. The average Bonchev–Trinajstić information content (AvgIpc) is 2.55. The highest BCUT2D eigenvalue weighted by atomic mass is 27.1. The van der Waals surface area contributed by atoms with Crippen LogP contribution in [-0.4, -0.2) is 26.6 Å². The van der Waals surface area contributed by atoms with Gasteiger partial charge in [-0.15, -0.1) is 0 Å². The molecule has 121 valence electrons. The molecule has 1 radical (unpaired) electrons. The van der Waals surface area contributed by atoms with E-state index in [1.165, 1.54) is 11.1 Å². The number of hydrogen-bond acceptors (Lipinski definition) is 2. The van der Waals surface area contributed by atoms with Crippen LogP contribution in [0.4, 0.5) is 0 Å². The molecule has 0 aliphatic heterocycles. The van der Waals surface area contributed by atoms with Crippen molar-refractivity contribution in [2.45, 2.75) is 38.6 Å². The van der Waals surface area contributed by atoms with Crippen LogP contribution in [0.2, 0.25) is 0 Å². The molecule has 0 amide bonds. The van der Waals surface area contributed by atoms with Crippen molar-refractivity contribution in [2.24, 2.45) is 7.05 Å². The minimum atomic E-state index is -0.257. The van der Waals surface area contributed by atoms with Crippen molar-refractivity contribution < 1.29 is 13.1 Å². The molecule has 4 heteroatoms. The molecule has 1 heterocycles. The zero-order valence-corrected chi connectivity index (χ0v) is 16.0. The van der Waals surface area contributed by atoms with Gasteiger partial charge in [0, 0.05) is 19.6 Å². The van der Waals surface area contributed by atoms with Gasteiger partial charge < -0.3 is 8.53 Å². The molecule has 0 saturated carbocycles. The second-order valence-corrected chi connectivity index (χ2v) is 7.81. The van der Waals surface area contributed by atoms with Gasteiger partial charge in [-0.3, -0.25) is 0 Å². The van der Waals surface area contributed by atoms with Crippen LogP contribution < -0.4 is 9.30 Å². The van der Waals surface area contributed by atoms with E-state index in [4.69, 9.17) is 8.53 Å².